The first-order chi connectivity index (χ1) is 9.78. The number of nitrogens with zero attached hydrogens (tertiary/aromatic N) is 1. The van der Waals surface area contributed by atoms with Gasteiger partial charge in [-0.2, -0.15) is 0 Å². The maximum atomic E-state index is 11.9. The average Bonchev–Trinajstić information content (AvgIpc) is 2.49. The molecule has 1 amide bonds. The van der Waals surface area contributed by atoms with Gasteiger partial charge in [0.2, 0.25) is 5.91 Å². The van der Waals surface area contributed by atoms with E-state index in [-0.39, 0.29) is 5.91 Å². The molecule has 1 aliphatic heterocycles. The topological polar surface area (TPSA) is 41.6 Å². The molecule has 114 valence electrons. The summed E-state index contributed by atoms with van der Waals surface area (Å²) >= 11 is 0. The number of hydrogen-bond donors (Lipinski definition) is 1. The molecule has 0 aromatic rings. The number of carbonyl (C=O) groups is 1. The zero-order valence-corrected chi connectivity index (χ0v) is 12.6. The molecule has 2 aliphatic rings. The highest BCUT2D eigenvalue weighted by Crippen LogP contribution is 2.26. The van der Waals surface area contributed by atoms with Crippen LogP contribution in [0.1, 0.15) is 39.0 Å². The lowest BCUT2D eigenvalue weighted by Gasteiger charge is -2.28. The van der Waals surface area contributed by atoms with Crippen LogP contribution >= 0.6 is 0 Å². The third kappa shape index (κ3) is 5.25. The average molecular weight is 280 g/mol. The van der Waals surface area contributed by atoms with Crippen molar-refractivity contribution in [1.29, 1.82) is 0 Å². The molecule has 1 saturated carbocycles. The highest BCUT2D eigenvalue weighted by molar-refractivity contribution is 5.87. The second-order valence-corrected chi connectivity index (χ2v) is 5.95. The smallest absolute Gasteiger partial charge is 0.243 e. The molecule has 20 heavy (non-hydrogen) atoms. The zero-order chi connectivity index (χ0) is 14.2. The summed E-state index contributed by atoms with van der Waals surface area (Å²) in [4.78, 5) is 14.2. The molecule has 0 atom stereocenters. The maximum Gasteiger partial charge on any atom is 0.243 e. The molecular weight excluding hydrogens is 252 g/mol. The van der Waals surface area contributed by atoms with Crippen molar-refractivity contribution in [2.45, 2.75) is 45.1 Å². The zero-order valence-electron chi connectivity index (χ0n) is 12.6. The number of hydrogen-bond acceptors (Lipinski definition) is 3. The summed E-state index contributed by atoms with van der Waals surface area (Å²) in [5, 5.41) is 3.13. The Bertz CT molecular complexity index is 316. The molecule has 0 radical (unpaired) electrons. The van der Waals surface area contributed by atoms with E-state index >= 15 is 0 Å². The Kier molecular flexibility index (Phi) is 6.54. The summed E-state index contributed by atoms with van der Waals surface area (Å²) in [7, 11) is 0. The number of nitrogens with one attached hydrogen (secondary N) is 1. The minimum atomic E-state index is 0.0678. The SMILES string of the molecule is CC[C@H]1CC[C@@H](NC(=O)/C=C/CN2CCOCC2)CC1. The van der Waals surface area contributed by atoms with Gasteiger partial charge in [-0.1, -0.05) is 19.4 Å². The maximum absolute atomic E-state index is 11.9. The summed E-state index contributed by atoms with van der Waals surface area (Å²) in [5.74, 6) is 0.943. The van der Waals surface area contributed by atoms with Crippen molar-refractivity contribution < 1.29 is 9.53 Å². The Morgan fingerprint density at radius 3 is 2.60 bits per heavy atom. The van der Waals surface area contributed by atoms with Crippen molar-refractivity contribution in [2.24, 2.45) is 5.92 Å². The summed E-state index contributed by atoms with van der Waals surface area (Å²) in [6.07, 6.45) is 9.75. The second-order valence-electron chi connectivity index (χ2n) is 5.95. The van der Waals surface area contributed by atoms with Crippen LogP contribution in [0.3, 0.4) is 0 Å². The molecule has 0 unspecified atom stereocenters. The minimum Gasteiger partial charge on any atom is -0.379 e. The van der Waals surface area contributed by atoms with Crippen LogP contribution in [-0.4, -0.2) is 49.7 Å². The van der Waals surface area contributed by atoms with E-state index in [9.17, 15) is 4.79 Å². The van der Waals surface area contributed by atoms with Crippen molar-refractivity contribution >= 4 is 5.91 Å². The van der Waals surface area contributed by atoms with Crippen LogP contribution in [0.5, 0.6) is 0 Å². The summed E-state index contributed by atoms with van der Waals surface area (Å²) in [6, 6.07) is 0.387. The first-order valence-corrected chi connectivity index (χ1v) is 8.05. The van der Waals surface area contributed by atoms with Gasteiger partial charge < -0.3 is 10.1 Å². The Morgan fingerprint density at radius 2 is 1.95 bits per heavy atom. The van der Waals surface area contributed by atoms with Crippen molar-refractivity contribution in [2.75, 3.05) is 32.8 Å². The van der Waals surface area contributed by atoms with E-state index in [2.05, 4.69) is 17.1 Å². The highest BCUT2D eigenvalue weighted by atomic mass is 16.5. The Labute approximate surface area is 122 Å². The van der Waals surface area contributed by atoms with Gasteiger partial charge in [-0.05, 0) is 31.6 Å². The molecule has 1 aliphatic carbocycles. The molecule has 0 spiro atoms. The van der Waals surface area contributed by atoms with Crippen LogP contribution < -0.4 is 5.32 Å². The van der Waals surface area contributed by atoms with Crippen molar-refractivity contribution in [1.82, 2.24) is 10.2 Å². The predicted octanol–water partition coefficient (Wildman–Crippen LogP) is 1.96. The predicted molar refractivity (Wildman–Crippen MR) is 80.6 cm³/mol. The van der Waals surface area contributed by atoms with Gasteiger partial charge in [-0.15, -0.1) is 0 Å². The van der Waals surface area contributed by atoms with E-state index in [4.69, 9.17) is 4.74 Å². The number of morpholine rings is 1. The highest BCUT2D eigenvalue weighted by Gasteiger charge is 2.20. The Balaban J connectivity index is 1.62. The summed E-state index contributed by atoms with van der Waals surface area (Å²) in [6.45, 7) is 6.65. The molecule has 0 aromatic carbocycles. The first kappa shape index (κ1) is 15.5. The molecule has 0 aromatic heterocycles. The lowest BCUT2D eigenvalue weighted by Crippen LogP contribution is -2.37. The molecule has 4 heteroatoms. The molecular formula is C16H28N2O2. The third-order valence-corrected chi connectivity index (χ3v) is 4.51. The van der Waals surface area contributed by atoms with Crippen molar-refractivity contribution in [3.63, 3.8) is 0 Å². The van der Waals surface area contributed by atoms with Gasteiger partial charge in [0.05, 0.1) is 13.2 Å². The van der Waals surface area contributed by atoms with Crippen LogP contribution in [0.25, 0.3) is 0 Å². The number of carbonyl (C=O) groups excluding carboxylic acids is 1. The molecule has 0 bridgehead atoms. The van der Waals surface area contributed by atoms with E-state index < -0.39 is 0 Å². The standard InChI is InChI=1S/C16H28N2O2/c1-2-14-5-7-15(8-6-14)17-16(19)4-3-9-18-10-12-20-13-11-18/h3-4,14-15H,2,5-13H2,1H3,(H,17,19)/b4-3+/t14-,15+. The quantitative estimate of drug-likeness (QED) is 0.783. The largest absolute Gasteiger partial charge is 0.379 e. The van der Waals surface area contributed by atoms with Crippen molar-refractivity contribution in [3.05, 3.63) is 12.2 Å². The van der Waals surface area contributed by atoms with Gasteiger partial charge in [0.25, 0.3) is 0 Å². The fourth-order valence-corrected chi connectivity index (χ4v) is 3.06. The fraction of sp³-hybridized carbons (Fsp3) is 0.812. The number of rotatable bonds is 5. The fourth-order valence-electron chi connectivity index (χ4n) is 3.06. The van der Waals surface area contributed by atoms with E-state index in [1.165, 1.54) is 19.3 Å². The number of amides is 1. The van der Waals surface area contributed by atoms with E-state index in [1.54, 1.807) is 6.08 Å². The molecule has 1 saturated heterocycles. The van der Waals surface area contributed by atoms with Crippen LogP contribution in [0.2, 0.25) is 0 Å². The van der Waals surface area contributed by atoms with Gasteiger partial charge in [0.1, 0.15) is 0 Å². The minimum absolute atomic E-state index is 0.0678. The first-order valence-electron chi connectivity index (χ1n) is 8.05. The molecule has 4 nitrogen and oxygen atoms in total. The lowest BCUT2D eigenvalue weighted by atomic mass is 9.84. The third-order valence-electron chi connectivity index (χ3n) is 4.51. The second kappa shape index (κ2) is 8.42. The van der Waals surface area contributed by atoms with E-state index in [0.717, 1.165) is 51.6 Å². The molecule has 2 fully saturated rings. The van der Waals surface area contributed by atoms with Crippen LogP contribution in [0.15, 0.2) is 12.2 Å². The van der Waals surface area contributed by atoms with Gasteiger partial charge in [-0.25, -0.2) is 0 Å². The summed E-state index contributed by atoms with van der Waals surface area (Å²) < 4.78 is 5.30. The van der Waals surface area contributed by atoms with Crippen LogP contribution in [-0.2, 0) is 9.53 Å². The normalized spacial score (nSPS) is 28.6. The van der Waals surface area contributed by atoms with Gasteiger partial charge in [-0.3, -0.25) is 9.69 Å². The number of ether oxygens (including phenoxy) is 1. The van der Waals surface area contributed by atoms with E-state index in [1.807, 2.05) is 6.08 Å². The Hall–Kier alpha value is -0.870. The van der Waals surface area contributed by atoms with Crippen LogP contribution in [0, 0.1) is 5.92 Å². The van der Waals surface area contributed by atoms with Gasteiger partial charge >= 0.3 is 0 Å². The van der Waals surface area contributed by atoms with E-state index in [0.29, 0.717) is 6.04 Å². The van der Waals surface area contributed by atoms with Crippen molar-refractivity contribution in [3.8, 4) is 0 Å². The summed E-state index contributed by atoms with van der Waals surface area (Å²) in [5.41, 5.74) is 0. The lowest BCUT2D eigenvalue weighted by molar-refractivity contribution is -0.117. The Morgan fingerprint density at radius 1 is 1.25 bits per heavy atom. The monoisotopic (exact) mass is 280 g/mol. The van der Waals surface area contributed by atoms with Gasteiger partial charge in [0.15, 0.2) is 0 Å². The van der Waals surface area contributed by atoms with Gasteiger partial charge in [0, 0.05) is 31.8 Å². The van der Waals surface area contributed by atoms with Crippen LogP contribution in [0.4, 0.5) is 0 Å². The molecule has 2 rings (SSSR count). The molecule has 1 heterocycles. The molecule has 1 N–H and O–H groups in total.